The first-order valence-corrected chi connectivity index (χ1v) is 4.80. The molecule has 0 aliphatic rings. The summed E-state index contributed by atoms with van der Waals surface area (Å²) in [6.07, 6.45) is 1.73. The van der Waals surface area contributed by atoms with Crippen molar-refractivity contribution in [1.29, 1.82) is 0 Å². The Kier molecular flexibility index (Phi) is 1.84. The number of rotatable bonds is 0. The Morgan fingerprint density at radius 1 is 1.55 bits per heavy atom. The van der Waals surface area contributed by atoms with E-state index < -0.39 is 0 Å². The molecule has 0 aliphatic carbocycles. The third kappa shape index (κ3) is 1.16. The van der Waals surface area contributed by atoms with Crippen LogP contribution in [0.1, 0.15) is 0 Å². The van der Waals surface area contributed by atoms with Crippen molar-refractivity contribution in [1.82, 2.24) is 15.2 Å². The van der Waals surface area contributed by atoms with Crippen molar-refractivity contribution in [2.45, 2.75) is 0 Å². The Hall–Kier alpha value is -0.170. The Morgan fingerprint density at radius 3 is 3.09 bits per heavy atom. The SMILES string of the molecule is Brc1nccc2n[nH]c(I)c12. The first-order chi connectivity index (χ1) is 5.29. The molecule has 2 rings (SSSR count). The van der Waals surface area contributed by atoms with Crippen LogP contribution in [0.15, 0.2) is 16.9 Å². The van der Waals surface area contributed by atoms with Gasteiger partial charge in [0.1, 0.15) is 8.30 Å². The van der Waals surface area contributed by atoms with Gasteiger partial charge in [0.25, 0.3) is 0 Å². The van der Waals surface area contributed by atoms with E-state index in [0.29, 0.717) is 0 Å². The van der Waals surface area contributed by atoms with E-state index in [0.717, 1.165) is 19.2 Å². The van der Waals surface area contributed by atoms with Crippen LogP contribution in [-0.4, -0.2) is 15.2 Å². The van der Waals surface area contributed by atoms with Gasteiger partial charge in [-0.3, -0.25) is 5.10 Å². The van der Waals surface area contributed by atoms with E-state index in [4.69, 9.17) is 0 Å². The first-order valence-electron chi connectivity index (χ1n) is 2.93. The molecule has 0 saturated carbocycles. The van der Waals surface area contributed by atoms with Gasteiger partial charge in [0.05, 0.1) is 10.9 Å². The average molecular weight is 324 g/mol. The van der Waals surface area contributed by atoms with Crippen LogP contribution < -0.4 is 0 Å². The molecular weight excluding hydrogens is 321 g/mol. The number of H-pyrrole nitrogens is 1. The lowest BCUT2D eigenvalue weighted by atomic mass is 10.3. The van der Waals surface area contributed by atoms with E-state index in [9.17, 15) is 0 Å². The third-order valence-electron chi connectivity index (χ3n) is 1.38. The molecule has 56 valence electrons. The molecule has 2 aromatic rings. The summed E-state index contributed by atoms with van der Waals surface area (Å²) in [4.78, 5) is 4.09. The van der Waals surface area contributed by atoms with Crippen LogP contribution in [0.5, 0.6) is 0 Å². The summed E-state index contributed by atoms with van der Waals surface area (Å²) in [5.41, 5.74) is 0.941. The first kappa shape index (κ1) is 7.48. The highest BCUT2D eigenvalue weighted by Gasteiger charge is 2.05. The fraction of sp³-hybridized carbons (Fsp3) is 0. The molecule has 0 fully saturated rings. The number of aromatic nitrogens is 3. The smallest absolute Gasteiger partial charge is 0.118 e. The van der Waals surface area contributed by atoms with Crippen LogP contribution in [0.4, 0.5) is 0 Å². The average Bonchev–Trinajstić information content (AvgIpc) is 2.34. The van der Waals surface area contributed by atoms with Crippen molar-refractivity contribution >= 4 is 49.4 Å². The maximum absolute atomic E-state index is 4.09. The molecular formula is C6H3BrIN3. The van der Waals surface area contributed by atoms with Gasteiger partial charge >= 0.3 is 0 Å². The van der Waals surface area contributed by atoms with Gasteiger partial charge in [0, 0.05) is 6.20 Å². The number of hydrogen-bond acceptors (Lipinski definition) is 2. The predicted octanol–water partition coefficient (Wildman–Crippen LogP) is 2.32. The zero-order valence-corrected chi connectivity index (χ0v) is 9.05. The molecule has 0 atom stereocenters. The summed E-state index contributed by atoms with van der Waals surface area (Å²) in [6.45, 7) is 0. The van der Waals surface area contributed by atoms with Crippen LogP contribution in [0, 0.1) is 3.70 Å². The molecule has 1 N–H and O–H groups in total. The van der Waals surface area contributed by atoms with Crippen LogP contribution >= 0.6 is 38.5 Å². The van der Waals surface area contributed by atoms with Crippen LogP contribution in [0.2, 0.25) is 0 Å². The molecule has 0 bridgehead atoms. The number of fused-ring (bicyclic) bond motifs is 1. The monoisotopic (exact) mass is 323 g/mol. The number of hydrogen-bond donors (Lipinski definition) is 1. The van der Waals surface area contributed by atoms with E-state index in [-0.39, 0.29) is 0 Å². The van der Waals surface area contributed by atoms with E-state index in [1.165, 1.54) is 0 Å². The van der Waals surface area contributed by atoms with Crippen molar-refractivity contribution in [3.05, 3.63) is 20.6 Å². The zero-order chi connectivity index (χ0) is 7.84. The second-order valence-corrected chi connectivity index (χ2v) is 3.86. The topological polar surface area (TPSA) is 41.6 Å². The summed E-state index contributed by atoms with van der Waals surface area (Å²) in [7, 11) is 0. The molecule has 0 aliphatic heterocycles. The number of nitrogens with one attached hydrogen (secondary N) is 1. The van der Waals surface area contributed by atoms with Crippen LogP contribution in [0.25, 0.3) is 10.9 Å². The van der Waals surface area contributed by atoms with E-state index in [2.05, 4.69) is 53.7 Å². The fourth-order valence-corrected chi connectivity index (χ4v) is 2.43. The fourth-order valence-electron chi connectivity index (χ4n) is 0.888. The lowest BCUT2D eigenvalue weighted by Gasteiger charge is -1.89. The summed E-state index contributed by atoms with van der Waals surface area (Å²) in [5, 5.41) is 8.01. The van der Waals surface area contributed by atoms with Crippen molar-refractivity contribution < 1.29 is 0 Å². The van der Waals surface area contributed by atoms with Gasteiger partial charge in [0.2, 0.25) is 0 Å². The van der Waals surface area contributed by atoms with Crippen molar-refractivity contribution in [3.63, 3.8) is 0 Å². The minimum absolute atomic E-state index is 0.841. The molecule has 0 amide bonds. The van der Waals surface area contributed by atoms with Gasteiger partial charge in [-0.2, -0.15) is 5.10 Å². The van der Waals surface area contributed by atoms with Crippen molar-refractivity contribution in [3.8, 4) is 0 Å². The highest BCUT2D eigenvalue weighted by molar-refractivity contribution is 14.1. The second-order valence-electron chi connectivity index (χ2n) is 2.03. The Labute approximate surface area is 84.9 Å². The molecule has 11 heavy (non-hydrogen) atoms. The predicted molar refractivity (Wildman–Crippen MR) is 54.3 cm³/mol. The van der Waals surface area contributed by atoms with Gasteiger partial charge in [-0.05, 0) is 44.6 Å². The van der Waals surface area contributed by atoms with Crippen molar-refractivity contribution in [2.75, 3.05) is 0 Å². The second kappa shape index (κ2) is 2.71. The lowest BCUT2D eigenvalue weighted by Crippen LogP contribution is -1.76. The highest BCUT2D eigenvalue weighted by Crippen LogP contribution is 2.23. The summed E-state index contributed by atoms with van der Waals surface area (Å²) in [6, 6.07) is 1.87. The van der Waals surface area contributed by atoms with E-state index in [1.54, 1.807) is 6.20 Å². The van der Waals surface area contributed by atoms with Gasteiger partial charge in [-0.25, -0.2) is 4.98 Å². The van der Waals surface area contributed by atoms with E-state index in [1.807, 2.05) is 6.07 Å². The highest BCUT2D eigenvalue weighted by atomic mass is 127. The molecule has 3 nitrogen and oxygen atoms in total. The lowest BCUT2D eigenvalue weighted by molar-refractivity contribution is 1.09. The Morgan fingerprint density at radius 2 is 2.36 bits per heavy atom. The minimum atomic E-state index is 0.841. The molecule has 0 saturated heterocycles. The standard InChI is InChI=1S/C6H3BrIN3/c7-5-4-3(1-2-9-5)10-11-6(4)8/h1-2H,(H,10,11). The maximum Gasteiger partial charge on any atom is 0.118 e. The normalized spacial score (nSPS) is 10.7. The van der Waals surface area contributed by atoms with E-state index >= 15 is 0 Å². The molecule has 0 radical (unpaired) electrons. The molecule has 0 unspecified atom stereocenters. The summed E-state index contributed by atoms with van der Waals surface area (Å²) >= 11 is 5.54. The third-order valence-corrected chi connectivity index (χ3v) is 2.76. The summed E-state index contributed by atoms with van der Waals surface area (Å²) in [5.74, 6) is 0. The molecule has 0 spiro atoms. The van der Waals surface area contributed by atoms with Crippen LogP contribution in [-0.2, 0) is 0 Å². The van der Waals surface area contributed by atoms with Crippen molar-refractivity contribution in [2.24, 2.45) is 0 Å². The zero-order valence-electron chi connectivity index (χ0n) is 5.31. The maximum atomic E-state index is 4.09. The summed E-state index contributed by atoms with van der Waals surface area (Å²) < 4.78 is 1.85. The number of aromatic amines is 1. The quantitative estimate of drug-likeness (QED) is 0.597. The van der Waals surface area contributed by atoms with Gasteiger partial charge in [-0.1, -0.05) is 0 Å². The molecule has 0 aromatic carbocycles. The number of pyridine rings is 1. The number of halogens is 2. The molecule has 5 heteroatoms. The number of nitrogens with zero attached hydrogens (tertiary/aromatic N) is 2. The Balaban J connectivity index is 2.96. The van der Waals surface area contributed by atoms with Gasteiger partial charge < -0.3 is 0 Å². The van der Waals surface area contributed by atoms with Gasteiger partial charge in [0.15, 0.2) is 0 Å². The molecule has 2 heterocycles. The van der Waals surface area contributed by atoms with Crippen LogP contribution in [0.3, 0.4) is 0 Å². The Bertz CT molecular complexity index is 398. The molecule has 2 aromatic heterocycles. The largest absolute Gasteiger partial charge is 0.271 e. The van der Waals surface area contributed by atoms with Gasteiger partial charge in [-0.15, -0.1) is 0 Å². The minimum Gasteiger partial charge on any atom is -0.271 e.